The normalized spacial score (nSPS) is 9.85. The number of nitriles is 1. The van der Waals surface area contributed by atoms with Gasteiger partial charge in [-0.05, 0) is 37.3 Å². The van der Waals surface area contributed by atoms with Crippen molar-refractivity contribution in [3.63, 3.8) is 0 Å². The summed E-state index contributed by atoms with van der Waals surface area (Å²) in [6.45, 7) is 3.26. The smallest absolute Gasteiger partial charge is 0.119 e. The van der Waals surface area contributed by atoms with Crippen molar-refractivity contribution in [1.82, 2.24) is 0 Å². The summed E-state index contributed by atoms with van der Waals surface area (Å²) >= 11 is 5.96. The van der Waals surface area contributed by atoms with Crippen molar-refractivity contribution >= 4 is 17.3 Å². The van der Waals surface area contributed by atoms with Crippen molar-refractivity contribution in [2.24, 2.45) is 0 Å². The minimum absolute atomic E-state index is 0.456. The van der Waals surface area contributed by atoms with Crippen LogP contribution < -0.4 is 10.1 Å². The Morgan fingerprint density at radius 2 is 1.95 bits per heavy atom. The average Bonchev–Trinajstić information content (AvgIpc) is 2.46. The lowest BCUT2D eigenvalue weighted by molar-refractivity contribution is 0.333. The SMILES string of the molecule is Cc1ccc(OCCNc2ccc(C#N)c(Cl)c2)cc1. The fraction of sp³-hybridized carbons (Fsp3) is 0.188. The quantitative estimate of drug-likeness (QED) is 0.845. The molecule has 0 bridgehead atoms. The summed E-state index contributed by atoms with van der Waals surface area (Å²) < 4.78 is 5.61. The lowest BCUT2D eigenvalue weighted by Crippen LogP contribution is -2.11. The Bertz CT molecular complexity index is 617. The minimum atomic E-state index is 0.456. The van der Waals surface area contributed by atoms with E-state index in [0.29, 0.717) is 23.7 Å². The van der Waals surface area contributed by atoms with Gasteiger partial charge in [0.1, 0.15) is 18.4 Å². The van der Waals surface area contributed by atoms with Crippen LogP contribution in [-0.2, 0) is 0 Å². The van der Waals surface area contributed by atoms with E-state index < -0.39 is 0 Å². The molecule has 0 saturated heterocycles. The van der Waals surface area contributed by atoms with E-state index in [1.54, 1.807) is 12.1 Å². The highest BCUT2D eigenvalue weighted by molar-refractivity contribution is 6.32. The molecule has 0 unspecified atom stereocenters. The van der Waals surface area contributed by atoms with Crippen molar-refractivity contribution in [3.8, 4) is 11.8 Å². The van der Waals surface area contributed by atoms with Crippen molar-refractivity contribution in [2.75, 3.05) is 18.5 Å². The molecular weight excluding hydrogens is 272 g/mol. The first-order valence-electron chi connectivity index (χ1n) is 6.32. The zero-order chi connectivity index (χ0) is 14.4. The van der Waals surface area contributed by atoms with Gasteiger partial charge in [0.25, 0.3) is 0 Å². The number of halogens is 1. The first kappa shape index (κ1) is 14.2. The van der Waals surface area contributed by atoms with Gasteiger partial charge in [-0.2, -0.15) is 5.26 Å². The van der Waals surface area contributed by atoms with Crippen LogP contribution >= 0.6 is 11.6 Å². The first-order chi connectivity index (χ1) is 9.69. The van der Waals surface area contributed by atoms with Crippen molar-refractivity contribution < 1.29 is 4.74 Å². The van der Waals surface area contributed by atoms with Crippen LogP contribution in [0.4, 0.5) is 5.69 Å². The van der Waals surface area contributed by atoms with Crippen LogP contribution in [0.15, 0.2) is 42.5 Å². The standard InChI is InChI=1S/C16H15ClN2O/c1-12-2-6-15(7-3-12)20-9-8-19-14-5-4-13(11-18)16(17)10-14/h2-7,10,19H,8-9H2,1H3. The largest absolute Gasteiger partial charge is 0.492 e. The second-order valence-corrected chi connectivity index (χ2v) is 4.80. The van der Waals surface area contributed by atoms with E-state index >= 15 is 0 Å². The Hall–Kier alpha value is -2.18. The third-order valence-electron chi connectivity index (χ3n) is 2.81. The molecule has 2 rings (SSSR count). The molecule has 0 aliphatic rings. The summed E-state index contributed by atoms with van der Waals surface area (Å²) in [5.74, 6) is 0.857. The molecule has 0 aliphatic heterocycles. The summed E-state index contributed by atoms with van der Waals surface area (Å²) in [7, 11) is 0. The Labute approximate surface area is 123 Å². The van der Waals surface area contributed by atoms with Crippen molar-refractivity contribution in [3.05, 3.63) is 58.6 Å². The van der Waals surface area contributed by atoms with E-state index in [0.717, 1.165) is 11.4 Å². The number of aryl methyl sites for hydroxylation is 1. The molecule has 0 spiro atoms. The van der Waals surface area contributed by atoms with Gasteiger partial charge in [-0.1, -0.05) is 29.3 Å². The van der Waals surface area contributed by atoms with Crippen LogP contribution in [0.3, 0.4) is 0 Å². The summed E-state index contributed by atoms with van der Waals surface area (Å²) in [5.41, 5.74) is 2.57. The molecule has 0 radical (unpaired) electrons. The molecule has 0 saturated carbocycles. The maximum absolute atomic E-state index is 8.79. The molecule has 2 aromatic carbocycles. The van der Waals surface area contributed by atoms with Gasteiger partial charge >= 0.3 is 0 Å². The molecule has 0 atom stereocenters. The van der Waals surface area contributed by atoms with Crippen molar-refractivity contribution in [2.45, 2.75) is 6.92 Å². The molecular formula is C16H15ClN2O. The zero-order valence-corrected chi connectivity index (χ0v) is 11.9. The van der Waals surface area contributed by atoms with Gasteiger partial charge in [0, 0.05) is 12.2 Å². The summed E-state index contributed by atoms with van der Waals surface area (Å²) in [5, 5.41) is 12.4. The Morgan fingerprint density at radius 1 is 1.20 bits per heavy atom. The number of ether oxygens (including phenoxy) is 1. The van der Waals surface area contributed by atoms with Gasteiger partial charge in [0.15, 0.2) is 0 Å². The maximum atomic E-state index is 8.79. The second kappa shape index (κ2) is 6.83. The predicted octanol–water partition coefficient (Wildman–Crippen LogP) is 4.01. The van der Waals surface area contributed by atoms with Gasteiger partial charge in [-0.3, -0.25) is 0 Å². The fourth-order valence-electron chi connectivity index (χ4n) is 1.71. The van der Waals surface area contributed by atoms with E-state index in [1.165, 1.54) is 5.56 Å². The third-order valence-corrected chi connectivity index (χ3v) is 3.12. The Balaban J connectivity index is 1.80. The van der Waals surface area contributed by atoms with Gasteiger partial charge < -0.3 is 10.1 Å². The number of hydrogen-bond donors (Lipinski definition) is 1. The van der Waals surface area contributed by atoms with Gasteiger partial charge in [-0.15, -0.1) is 0 Å². The molecule has 0 aliphatic carbocycles. The van der Waals surface area contributed by atoms with Crippen LogP contribution in [0.2, 0.25) is 5.02 Å². The highest BCUT2D eigenvalue weighted by atomic mass is 35.5. The van der Waals surface area contributed by atoms with Gasteiger partial charge in [-0.25, -0.2) is 0 Å². The lowest BCUT2D eigenvalue weighted by atomic mass is 10.2. The number of nitrogens with zero attached hydrogens (tertiary/aromatic N) is 1. The molecule has 102 valence electrons. The van der Waals surface area contributed by atoms with Gasteiger partial charge in [0.05, 0.1) is 10.6 Å². The lowest BCUT2D eigenvalue weighted by Gasteiger charge is -2.09. The number of benzene rings is 2. The molecule has 1 N–H and O–H groups in total. The zero-order valence-electron chi connectivity index (χ0n) is 11.2. The highest BCUT2D eigenvalue weighted by Gasteiger charge is 2.00. The topological polar surface area (TPSA) is 45.0 Å². The van der Waals surface area contributed by atoms with Crippen LogP contribution in [-0.4, -0.2) is 13.2 Å². The van der Waals surface area contributed by atoms with E-state index in [1.807, 2.05) is 43.3 Å². The minimum Gasteiger partial charge on any atom is -0.492 e. The Kier molecular flexibility index (Phi) is 4.86. The predicted molar refractivity (Wildman–Crippen MR) is 81.3 cm³/mol. The average molecular weight is 287 g/mol. The van der Waals surface area contributed by atoms with E-state index in [9.17, 15) is 0 Å². The van der Waals surface area contributed by atoms with Crippen LogP contribution in [0.25, 0.3) is 0 Å². The number of nitrogens with one attached hydrogen (secondary N) is 1. The monoisotopic (exact) mass is 286 g/mol. The molecule has 0 amide bonds. The number of hydrogen-bond acceptors (Lipinski definition) is 3. The molecule has 4 heteroatoms. The summed E-state index contributed by atoms with van der Waals surface area (Å²) in [6, 6.07) is 15.2. The Morgan fingerprint density at radius 3 is 2.60 bits per heavy atom. The van der Waals surface area contributed by atoms with Gasteiger partial charge in [0.2, 0.25) is 0 Å². The van der Waals surface area contributed by atoms with E-state index in [-0.39, 0.29) is 0 Å². The van der Waals surface area contributed by atoms with Crippen LogP contribution in [0.5, 0.6) is 5.75 Å². The molecule has 0 heterocycles. The van der Waals surface area contributed by atoms with E-state index in [4.69, 9.17) is 21.6 Å². The van der Waals surface area contributed by atoms with E-state index in [2.05, 4.69) is 5.32 Å². The molecule has 2 aromatic rings. The first-order valence-corrected chi connectivity index (χ1v) is 6.70. The highest BCUT2D eigenvalue weighted by Crippen LogP contribution is 2.20. The molecule has 0 aromatic heterocycles. The third kappa shape index (κ3) is 3.91. The molecule has 0 fully saturated rings. The molecule has 3 nitrogen and oxygen atoms in total. The number of anilines is 1. The summed E-state index contributed by atoms with van der Waals surface area (Å²) in [4.78, 5) is 0. The maximum Gasteiger partial charge on any atom is 0.119 e. The summed E-state index contributed by atoms with van der Waals surface area (Å²) in [6.07, 6.45) is 0. The van der Waals surface area contributed by atoms with Crippen molar-refractivity contribution in [1.29, 1.82) is 5.26 Å². The van der Waals surface area contributed by atoms with Crippen LogP contribution in [0.1, 0.15) is 11.1 Å². The number of rotatable bonds is 5. The van der Waals surface area contributed by atoms with Crippen LogP contribution in [0, 0.1) is 18.3 Å². The fourth-order valence-corrected chi connectivity index (χ4v) is 1.94. The second-order valence-electron chi connectivity index (χ2n) is 4.39. The molecule has 20 heavy (non-hydrogen) atoms.